The molecule has 0 spiro atoms. The normalized spacial score (nSPS) is 11.4. The molecule has 0 saturated heterocycles. The number of hydrogen-bond acceptors (Lipinski definition) is 3. The SMILES string of the molecule is Cc1cc(C)c(O)c(-c2nc3c(-c4[c-]c(-c5cc(-c6ccc(-c7ccccc7)cc6)ccn5)cc(-c5ccccc5)c4)cccc3n2-c2cc(-c3ccccc3)c(C(C)(C)C)cc2-c2ccccc2)c1.[Pt]. The van der Waals surface area contributed by atoms with Gasteiger partial charge in [0.05, 0.1) is 22.3 Å². The van der Waals surface area contributed by atoms with Gasteiger partial charge in [0.1, 0.15) is 11.6 Å². The average Bonchev–Trinajstić information content (AvgIpc) is 3.79. The van der Waals surface area contributed by atoms with Gasteiger partial charge in [-0.25, -0.2) is 4.98 Å². The molecular weight excluding hydrogens is 1050 g/mol. The van der Waals surface area contributed by atoms with Crippen LogP contribution in [0.15, 0.2) is 219 Å². The fraction of sp³-hybridized carbons (Fsp3) is 0.0909. The molecule has 1 N–H and O–H groups in total. The van der Waals surface area contributed by atoms with Crippen molar-refractivity contribution < 1.29 is 26.2 Å². The number of aromatic nitrogens is 3. The first kappa shape index (κ1) is 46.8. The third-order valence-electron chi connectivity index (χ3n) is 13.4. The van der Waals surface area contributed by atoms with Gasteiger partial charge in [-0.2, -0.15) is 0 Å². The molecule has 0 aliphatic heterocycles. The molecule has 11 rings (SSSR count). The van der Waals surface area contributed by atoms with Crippen molar-refractivity contribution in [3.05, 3.63) is 241 Å². The number of para-hydroxylation sites is 1. The number of fused-ring (bicyclic) bond motifs is 1. The minimum absolute atomic E-state index is 0. The van der Waals surface area contributed by atoms with Gasteiger partial charge in [0.15, 0.2) is 0 Å². The number of benzene rings is 9. The molecule has 0 bridgehead atoms. The van der Waals surface area contributed by atoms with E-state index < -0.39 is 0 Å². The van der Waals surface area contributed by atoms with Crippen molar-refractivity contribution in [3.8, 4) is 101 Å². The second-order valence-electron chi connectivity index (χ2n) is 19.3. The van der Waals surface area contributed by atoms with Gasteiger partial charge in [0, 0.05) is 38.5 Å². The van der Waals surface area contributed by atoms with Gasteiger partial charge >= 0.3 is 0 Å². The van der Waals surface area contributed by atoms with Crippen molar-refractivity contribution in [1.82, 2.24) is 14.5 Å². The molecule has 0 amide bonds. The second kappa shape index (κ2) is 19.5. The number of aryl methyl sites for hydroxylation is 2. The largest absolute Gasteiger partial charge is 0.507 e. The number of hydrogen-bond donors (Lipinski definition) is 1. The number of rotatable bonds is 9. The number of nitrogens with zero attached hydrogens (tertiary/aromatic N) is 3. The summed E-state index contributed by atoms with van der Waals surface area (Å²) in [4.78, 5) is 10.6. The molecule has 11 aromatic rings. The van der Waals surface area contributed by atoms with E-state index in [1.54, 1.807) is 0 Å². The van der Waals surface area contributed by atoms with Crippen LogP contribution in [0.3, 0.4) is 0 Å². The summed E-state index contributed by atoms with van der Waals surface area (Å²) in [7, 11) is 0. The molecule has 348 valence electrons. The Labute approximate surface area is 431 Å². The Morgan fingerprint density at radius 3 is 1.63 bits per heavy atom. The van der Waals surface area contributed by atoms with Crippen molar-refractivity contribution in [3.63, 3.8) is 0 Å². The van der Waals surface area contributed by atoms with Crippen molar-refractivity contribution in [2.45, 2.75) is 40.0 Å². The summed E-state index contributed by atoms with van der Waals surface area (Å²) < 4.78 is 2.27. The van der Waals surface area contributed by atoms with Crippen LogP contribution in [0.25, 0.3) is 106 Å². The maximum absolute atomic E-state index is 12.1. The molecule has 4 nitrogen and oxygen atoms in total. The van der Waals surface area contributed by atoms with Gasteiger partial charge in [-0.05, 0) is 111 Å². The Hall–Kier alpha value is -7.91. The molecule has 0 saturated carbocycles. The number of pyridine rings is 1. The molecule has 5 heteroatoms. The molecule has 0 fully saturated rings. The van der Waals surface area contributed by atoms with Gasteiger partial charge in [-0.3, -0.25) is 9.55 Å². The van der Waals surface area contributed by atoms with E-state index in [2.05, 4.69) is 232 Å². The van der Waals surface area contributed by atoms with E-state index in [1.807, 2.05) is 31.3 Å². The first-order valence-electron chi connectivity index (χ1n) is 23.9. The Morgan fingerprint density at radius 1 is 0.465 bits per heavy atom. The van der Waals surface area contributed by atoms with E-state index in [0.717, 1.165) is 94.7 Å². The van der Waals surface area contributed by atoms with Gasteiger partial charge in [0.25, 0.3) is 0 Å². The van der Waals surface area contributed by atoms with E-state index in [0.29, 0.717) is 11.4 Å². The summed E-state index contributed by atoms with van der Waals surface area (Å²) in [6, 6.07) is 78.7. The van der Waals surface area contributed by atoms with Crippen molar-refractivity contribution in [2.75, 3.05) is 0 Å². The minimum atomic E-state index is -0.176. The third-order valence-corrected chi connectivity index (χ3v) is 13.4. The van der Waals surface area contributed by atoms with Gasteiger partial charge < -0.3 is 5.11 Å². The predicted octanol–water partition coefficient (Wildman–Crippen LogP) is 17.2. The molecular formula is C66H52N3OPt-. The van der Waals surface area contributed by atoms with E-state index >= 15 is 0 Å². The molecule has 71 heavy (non-hydrogen) atoms. The maximum Gasteiger partial charge on any atom is 0.148 e. The Balaban J connectivity index is 0.00000582. The minimum Gasteiger partial charge on any atom is -0.507 e. The van der Waals surface area contributed by atoms with Gasteiger partial charge in [0.2, 0.25) is 0 Å². The van der Waals surface area contributed by atoms with Crippen LogP contribution in [0, 0.1) is 19.9 Å². The number of phenols is 1. The van der Waals surface area contributed by atoms with Crippen LogP contribution in [-0.2, 0) is 26.5 Å². The molecule has 0 unspecified atom stereocenters. The number of phenolic OH excluding ortho intramolecular Hbond substituents is 1. The first-order chi connectivity index (χ1) is 34.1. The van der Waals surface area contributed by atoms with Crippen LogP contribution in [0.5, 0.6) is 5.75 Å². The molecule has 9 aromatic carbocycles. The summed E-state index contributed by atoms with van der Waals surface area (Å²) in [5.41, 5.74) is 20.9. The van der Waals surface area contributed by atoms with Crippen molar-refractivity contribution in [2.24, 2.45) is 0 Å². The number of aromatic hydroxyl groups is 1. The average molecular weight is 1100 g/mol. The van der Waals surface area contributed by atoms with Crippen LogP contribution >= 0.6 is 0 Å². The first-order valence-corrected chi connectivity index (χ1v) is 23.9. The molecule has 2 aromatic heterocycles. The Kier molecular flexibility index (Phi) is 12.8. The standard InChI is InChI=1S/C66H52N3O.Pt/c1-43-35-44(2)64(70)58(36-43)65-68-63-55(27-18-28-61(63)69(65)62-42-56(49-23-14-8-15-24-49)59(66(3,4)5)41-57(62)50-25-16-9-17-26-50)53-37-52(46-21-12-7-13-22-46)38-54(39-53)60-40-51(33-34-67-60)48-31-29-47(30-32-48)45-19-10-6-11-20-45;/h6-38,40-42,70H,1-5H3;/q-1;. The van der Waals surface area contributed by atoms with Crippen molar-refractivity contribution in [1.29, 1.82) is 0 Å². The summed E-state index contributed by atoms with van der Waals surface area (Å²) in [6.07, 6.45) is 1.89. The molecule has 0 atom stereocenters. The third kappa shape index (κ3) is 9.20. The maximum atomic E-state index is 12.1. The fourth-order valence-corrected chi connectivity index (χ4v) is 9.86. The zero-order chi connectivity index (χ0) is 47.9. The zero-order valence-electron chi connectivity index (χ0n) is 40.4. The molecule has 0 aliphatic rings. The van der Waals surface area contributed by atoms with Gasteiger partial charge in [-0.1, -0.05) is 207 Å². The van der Waals surface area contributed by atoms with Crippen LogP contribution in [0.1, 0.15) is 37.5 Å². The fourth-order valence-electron chi connectivity index (χ4n) is 9.86. The summed E-state index contributed by atoms with van der Waals surface area (Å²) in [5.74, 6) is 0.860. The van der Waals surface area contributed by atoms with Crippen LogP contribution in [-0.4, -0.2) is 19.6 Å². The van der Waals surface area contributed by atoms with Gasteiger partial charge in [-0.15, -0.1) is 23.8 Å². The monoisotopic (exact) mass is 1100 g/mol. The predicted molar refractivity (Wildman–Crippen MR) is 291 cm³/mol. The topological polar surface area (TPSA) is 50.9 Å². The summed E-state index contributed by atoms with van der Waals surface area (Å²) in [5, 5.41) is 12.1. The van der Waals surface area contributed by atoms with Crippen molar-refractivity contribution >= 4 is 11.0 Å². The Bertz CT molecular complexity index is 3690. The molecule has 2 heterocycles. The quantitative estimate of drug-likeness (QED) is 0.147. The smallest absolute Gasteiger partial charge is 0.148 e. The second-order valence-corrected chi connectivity index (χ2v) is 19.3. The van der Waals surface area contributed by atoms with Crippen LogP contribution < -0.4 is 0 Å². The number of imidazole rings is 1. The summed E-state index contributed by atoms with van der Waals surface area (Å²) >= 11 is 0. The molecule has 0 aliphatic carbocycles. The van der Waals surface area contributed by atoms with E-state index in [1.165, 1.54) is 16.7 Å². The Morgan fingerprint density at radius 2 is 1.01 bits per heavy atom. The van der Waals surface area contributed by atoms with Crippen LogP contribution in [0.4, 0.5) is 0 Å². The van der Waals surface area contributed by atoms with E-state index in [9.17, 15) is 5.11 Å². The van der Waals surface area contributed by atoms with Crippen LogP contribution in [0.2, 0.25) is 0 Å². The molecule has 0 radical (unpaired) electrons. The van der Waals surface area contributed by atoms with E-state index in [-0.39, 0.29) is 32.2 Å². The summed E-state index contributed by atoms with van der Waals surface area (Å²) in [6.45, 7) is 10.9. The van der Waals surface area contributed by atoms with E-state index in [4.69, 9.17) is 9.97 Å². The zero-order valence-corrected chi connectivity index (χ0v) is 42.7.